The van der Waals surface area contributed by atoms with Crippen LogP contribution in [0.5, 0.6) is 0 Å². The minimum Gasteiger partial charge on any atom is -0.454 e. The third kappa shape index (κ3) is 3.74. The normalized spacial score (nSPS) is 19.6. The molecule has 3 aromatic carbocycles. The van der Waals surface area contributed by atoms with E-state index >= 15 is 0 Å². The van der Waals surface area contributed by atoms with Crippen molar-refractivity contribution in [1.29, 1.82) is 0 Å². The van der Waals surface area contributed by atoms with Crippen LogP contribution in [0.15, 0.2) is 78.9 Å². The van der Waals surface area contributed by atoms with Gasteiger partial charge in [0.05, 0.1) is 23.1 Å². The molecule has 0 N–H and O–H groups in total. The van der Waals surface area contributed by atoms with Gasteiger partial charge in [-0.25, -0.2) is 4.79 Å². The number of hydrogen-bond acceptors (Lipinski definition) is 5. The van der Waals surface area contributed by atoms with Gasteiger partial charge < -0.3 is 4.74 Å². The Morgan fingerprint density at radius 2 is 1.45 bits per heavy atom. The average molecular weight is 439 g/mol. The standard InChI is InChI=1S/C27H21NO5/c29-24(21-11-5-7-17-6-1-2-8-20(17)21)16-33-27(32)18-12-14-19(15-13-18)28-25(30)22-9-3-4-10-23(22)26(28)31/h1-8,11-15,22-23H,9-10,16H2/t22-,23-/m1/s1. The van der Waals surface area contributed by atoms with Crippen LogP contribution in [0.1, 0.15) is 33.6 Å². The minimum atomic E-state index is -0.646. The number of nitrogens with zero attached hydrogens (tertiary/aromatic N) is 1. The molecule has 1 aliphatic heterocycles. The molecular weight excluding hydrogens is 418 g/mol. The molecule has 2 aliphatic rings. The summed E-state index contributed by atoms with van der Waals surface area (Å²) < 4.78 is 5.23. The molecule has 164 valence electrons. The number of ether oxygens (including phenoxy) is 1. The number of carbonyl (C=O) groups is 4. The lowest BCUT2D eigenvalue weighted by Gasteiger charge is -2.15. The van der Waals surface area contributed by atoms with Crippen molar-refractivity contribution in [3.8, 4) is 0 Å². The fourth-order valence-electron chi connectivity index (χ4n) is 4.56. The van der Waals surface area contributed by atoms with Crippen molar-refractivity contribution in [3.05, 3.63) is 90.0 Å². The van der Waals surface area contributed by atoms with E-state index in [-0.39, 0.29) is 41.6 Å². The summed E-state index contributed by atoms with van der Waals surface area (Å²) in [5, 5.41) is 1.74. The molecular formula is C27H21NO5. The van der Waals surface area contributed by atoms with Crippen LogP contribution in [0.3, 0.4) is 0 Å². The van der Waals surface area contributed by atoms with Gasteiger partial charge in [-0.1, -0.05) is 54.6 Å². The van der Waals surface area contributed by atoms with Gasteiger partial charge in [0, 0.05) is 5.56 Å². The van der Waals surface area contributed by atoms with Crippen LogP contribution in [-0.2, 0) is 14.3 Å². The summed E-state index contributed by atoms with van der Waals surface area (Å²) in [7, 11) is 0. The number of rotatable bonds is 5. The van der Waals surface area contributed by atoms with E-state index in [1.165, 1.54) is 17.0 Å². The van der Waals surface area contributed by atoms with Crippen molar-refractivity contribution in [2.75, 3.05) is 11.5 Å². The molecule has 0 radical (unpaired) electrons. The molecule has 1 heterocycles. The molecule has 6 heteroatoms. The van der Waals surface area contributed by atoms with Gasteiger partial charge in [0.15, 0.2) is 6.61 Å². The van der Waals surface area contributed by atoms with Crippen LogP contribution in [0.2, 0.25) is 0 Å². The zero-order valence-corrected chi connectivity index (χ0v) is 17.8. The van der Waals surface area contributed by atoms with Gasteiger partial charge in [-0.05, 0) is 47.9 Å². The first-order valence-corrected chi connectivity index (χ1v) is 10.9. The van der Waals surface area contributed by atoms with Crippen molar-refractivity contribution in [2.24, 2.45) is 11.8 Å². The molecule has 5 rings (SSSR count). The van der Waals surface area contributed by atoms with Gasteiger partial charge in [-0.3, -0.25) is 19.3 Å². The minimum absolute atomic E-state index is 0.203. The number of esters is 1. The Morgan fingerprint density at radius 1 is 0.818 bits per heavy atom. The fourth-order valence-corrected chi connectivity index (χ4v) is 4.56. The van der Waals surface area contributed by atoms with Crippen LogP contribution in [0.25, 0.3) is 10.8 Å². The third-order valence-corrected chi connectivity index (χ3v) is 6.29. The molecule has 1 aliphatic carbocycles. The highest BCUT2D eigenvalue weighted by Gasteiger charge is 2.47. The maximum atomic E-state index is 12.7. The van der Waals surface area contributed by atoms with Crippen molar-refractivity contribution >= 4 is 40.0 Å². The Balaban J connectivity index is 1.26. The fraction of sp³-hybridized carbons (Fsp3) is 0.185. The van der Waals surface area contributed by atoms with Crippen LogP contribution in [-0.4, -0.2) is 30.2 Å². The van der Waals surface area contributed by atoms with Crippen molar-refractivity contribution in [2.45, 2.75) is 12.8 Å². The van der Waals surface area contributed by atoms with E-state index in [0.717, 1.165) is 10.8 Å². The summed E-state index contributed by atoms with van der Waals surface area (Å²) in [4.78, 5) is 51.8. The molecule has 0 aromatic heterocycles. The lowest BCUT2D eigenvalue weighted by Crippen LogP contribution is -2.30. The molecule has 0 bridgehead atoms. The van der Waals surface area contributed by atoms with E-state index < -0.39 is 5.97 Å². The second-order valence-electron chi connectivity index (χ2n) is 8.24. The first kappa shape index (κ1) is 20.8. The number of imide groups is 1. The summed E-state index contributed by atoms with van der Waals surface area (Å²) in [5.74, 6) is -1.97. The number of amides is 2. The molecule has 3 aromatic rings. The maximum Gasteiger partial charge on any atom is 0.338 e. The molecule has 33 heavy (non-hydrogen) atoms. The number of Topliss-reactive ketones (excluding diaryl/α,β-unsaturated/α-hetero) is 1. The van der Waals surface area contributed by atoms with Crippen LogP contribution < -0.4 is 4.90 Å². The highest BCUT2D eigenvalue weighted by Crippen LogP contribution is 2.37. The number of anilines is 1. The Bertz CT molecular complexity index is 1280. The zero-order valence-electron chi connectivity index (χ0n) is 17.8. The second kappa shape index (κ2) is 8.47. The summed E-state index contributed by atoms with van der Waals surface area (Å²) in [6.07, 6.45) is 5.02. The predicted molar refractivity (Wildman–Crippen MR) is 123 cm³/mol. The maximum absolute atomic E-state index is 12.7. The van der Waals surface area contributed by atoms with Crippen molar-refractivity contribution in [1.82, 2.24) is 0 Å². The SMILES string of the molecule is O=C(OCC(=O)c1cccc2ccccc12)c1ccc(N2C(=O)[C@@H]3CC=CC[C@H]3C2=O)cc1. The van der Waals surface area contributed by atoms with Crippen LogP contribution in [0.4, 0.5) is 5.69 Å². The molecule has 1 saturated heterocycles. The van der Waals surface area contributed by atoms with Crippen LogP contribution >= 0.6 is 0 Å². The van der Waals surface area contributed by atoms with Crippen LogP contribution in [0, 0.1) is 11.8 Å². The highest BCUT2D eigenvalue weighted by molar-refractivity contribution is 6.22. The van der Waals surface area contributed by atoms with Gasteiger partial charge in [0.1, 0.15) is 0 Å². The molecule has 2 amide bonds. The highest BCUT2D eigenvalue weighted by atomic mass is 16.5. The van der Waals surface area contributed by atoms with E-state index in [0.29, 0.717) is 24.1 Å². The number of carbonyl (C=O) groups excluding carboxylic acids is 4. The summed E-state index contributed by atoms with van der Waals surface area (Å²) in [6.45, 7) is -0.381. The number of benzene rings is 3. The quantitative estimate of drug-likeness (QED) is 0.256. The van der Waals surface area contributed by atoms with E-state index in [9.17, 15) is 19.2 Å². The summed E-state index contributed by atoms with van der Waals surface area (Å²) >= 11 is 0. The van der Waals surface area contributed by atoms with Crippen molar-refractivity contribution in [3.63, 3.8) is 0 Å². The number of allylic oxidation sites excluding steroid dienone is 2. The first-order valence-electron chi connectivity index (χ1n) is 10.9. The van der Waals surface area contributed by atoms with E-state index in [1.807, 2.05) is 42.5 Å². The molecule has 0 saturated carbocycles. The van der Waals surface area contributed by atoms with Crippen molar-refractivity contribution < 1.29 is 23.9 Å². The summed E-state index contributed by atoms with van der Waals surface area (Å²) in [6, 6.07) is 19.1. The topological polar surface area (TPSA) is 80.8 Å². The van der Waals surface area contributed by atoms with Gasteiger partial charge >= 0.3 is 5.97 Å². The summed E-state index contributed by atoms with van der Waals surface area (Å²) in [5.41, 5.74) is 1.17. The zero-order chi connectivity index (χ0) is 22.9. The Kier molecular flexibility index (Phi) is 5.34. The Labute approximate surface area is 190 Å². The lowest BCUT2D eigenvalue weighted by atomic mass is 9.85. The van der Waals surface area contributed by atoms with E-state index in [2.05, 4.69) is 0 Å². The first-order chi connectivity index (χ1) is 16.0. The number of fused-ring (bicyclic) bond motifs is 2. The molecule has 1 fully saturated rings. The Morgan fingerprint density at radius 3 is 2.15 bits per heavy atom. The molecule has 6 nitrogen and oxygen atoms in total. The predicted octanol–water partition coefficient (Wildman–Crippen LogP) is 4.34. The van der Waals surface area contributed by atoms with E-state index in [1.54, 1.807) is 24.3 Å². The largest absolute Gasteiger partial charge is 0.454 e. The monoisotopic (exact) mass is 439 g/mol. The van der Waals surface area contributed by atoms with Gasteiger partial charge in [0.2, 0.25) is 17.6 Å². The molecule has 0 spiro atoms. The van der Waals surface area contributed by atoms with Gasteiger partial charge in [0.25, 0.3) is 0 Å². The second-order valence-corrected chi connectivity index (χ2v) is 8.24. The van der Waals surface area contributed by atoms with Gasteiger partial charge in [-0.2, -0.15) is 0 Å². The smallest absolute Gasteiger partial charge is 0.338 e. The number of ketones is 1. The van der Waals surface area contributed by atoms with E-state index in [4.69, 9.17) is 4.74 Å². The average Bonchev–Trinajstić information content (AvgIpc) is 3.12. The van der Waals surface area contributed by atoms with Gasteiger partial charge in [-0.15, -0.1) is 0 Å². The Hall–Kier alpha value is -4.06. The molecule has 0 unspecified atom stereocenters. The lowest BCUT2D eigenvalue weighted by molar-refractivity contribution is -0.122. The number of hydrogen-bond donors (Lipinski definition) is 0. The third-order valence-electron chi connectivity index (χ3n) is 6.29. The molecule has 2 atom stereocenters.